The third kappa shape index (κ3) is 5.63. The maximum atomic E-state index is 13.0. The molecule has 2 aromatic carbocycles. The van der Waals surface area contributed by atoms with Crippen LogP contribution < -0.4 is 5.32 Å². The number of rotatable bonds is 8. The van der Waals surface area contributed by atoms with Gasteiger partial charge in [-0.15, -0.1) is 0 Å². The lowest BCUT2D eigenvalue weighted by Gasteiger charge is -2.22. The van der Waals surface area contributed by atoms with Crippen LogP contribution in [0.4, 0.5) is 0 Å². The number of nitrogens with zero attached hydrogens (tertiary/aromatic N) is 2. The minimum absolute atomic E-state index is 0.117. The summed E-state index contributed by atoms with van der Waals surface area (Å²) in [5.41, 5.74) is 2.01. The molecule has 2 heterocycles. The number of benzene rings is 2. The van der Waals surface area contributed by atoms with Gasteiger partial charge in [0.05, 0.1) is 16.3 Å². The monoisotopic (exact) mass is 481 g/mol. The third-order valence-electron chi connectivity index (χ3n) is 5.63. The van der Waals surface area contributed by atoms with Gasteiger partial charge in [0.2, 0.25) is 15.9 Å². The van der Waals surface area contributed by atoms with Crippen LogP contribution in [0.5, 0.6) is 0 Å². The van der Waals surface area contributed by atoms with E-state index in [9.17, 15) is 13.2 Å². The molecule has 0 unspecified atom stereocenters. The summed E-state index contributed by atoms with van der Waals surface area (Å²) >= 11 is 1.30. The molecule has 33 heavy (non-hydrogen) atoms. The first-order valence-electron chi connectivity index (χ1n) is 11.0. The average molecular weight is 482 g/mol. The molecule has 6 nitrogen and oxygen atoms in total. The first kappa shape index (κ1) is 23.5. The largest absolute Gasteiger partial charge is 0.344 e. The number of hydrogen-bond acceptors (Lipinski definition) is 5. The van der Waals surface area contributed by atoms with E-state index in [1.165, 1.54) is 22.3 Å². The van der Waals surface area contributed by atoms with Crippen LogP contribution >= 0.6 is 11.8 Å². The quantitative estimate of drug-likeness (QED) is 0.487. The van der Waals surface area contributed by atoms with Crippen LogP contribution in [0.3, 0.4) is 0 Å². The van der Waals surface area contributed by atoms with Gasteiger partial charge in [-0.2, -0.15) is 4.31 Å². The first-order valence-corrected chi connectivity index (χ1v) is 13.3. The van der Waals surface area contributed by atoms with Crippen LogP contribution in [0.25, 0.3) is 0 Å². The van der Waals surface area contributed by atoms with Gasteiger partial charge in [-0.1, -0.05) is 72.4 Å². The molecule has 1 saturated heterocycles. The lowest BCUT2D eigenvalue weighted by Crippen LogP contribution is -2.35. The molecule has 4 rings (SSSR count). The highest BCUT2D eigenvalue weighted by Gasteiger charge is 2.28. The Bertz CT molecular complexity index is 1130. The normalized spacial score (nSPS) is 15.5. The van der Waals surface area contributed by atoms with Crippen LogP contribution in [0.15, 0.2) is 88.9 Å². The molecule has 0 saturated carbocycles. The van der Waals surface area contributed by atoms with E-state index < -0.39 is 15.3 Å². The Balaban J connectivity index is 1.44. The predicted molar refractivity (Wildman–Crippen MR) is 130 cm³/mol. The molecule has 1 aliphatic rings. The Morgan fingerprint density at radius 3 is 2.03 bits per heavy atom. The van der Waals surface area contributed by atoms with Crippen molar-refractivity contribution in [3.63, 3.8) is 0 Å². The van der Waals surface area contributed by atoms with Gasteiger partial charge in [0, 0.05) is 19.3 Å². The standard InChI is InChI=1S/C25H27N3O3S2/c1-19(32-23-15-14-22(18-26-23)33(30,31)28-16-8-9-17-28)25(29)27-24(20-10-4-2-5-11-20)21-12-6-3-7-13-21/h2-7,10-15,18-19,24H,8-9,16-17H2,1H3,(H,27,29)/t19-/m1/s1. The molecule has 1 aliphatic heterocycles. The van der Waals surface area contributed by atoms with Crippen LogP contribution in [0, 0.1) is 0 Å². The van der Waals surface area contributed by atoms with Gasteiger partial charge in [0.1, 0.15) is 4.90 Å². The van der Waals surface area contributed by atoms with Gasteiger partial charge in [-0.3, -0.25) is 4.79 Å². The second-order valence-electron chi connectivity index (χ2n) is 7.97. The van der Waals surface area contributed by atoms with Crippen molar-refractivity contribution >= 4 is 27.7 Å². The summed E-state index contributed by atoms with van der Waals surface area (Å²) in [5.74, 6) is -0.117. The van der Waals surface area contributed by atoms with Crippen LogP contribution in [0.1, 0.15) is 36.9 Å². The predicted octanol–water partition coefficient (Wildman–Crippen LogP) is 4.25. The molecule has 0 bridgehead atoms. The summed E-state index contributed by atoms with van der Waals surface area (Å²) in [4.78, 5) is 17.5. The van der Waals surface area contributed by atoms with Gasteiger partial charge < -0.3 is 5.32 Å². The first-order chi connectivity index (χ1) is 15.9. The van der Waals surface area contributed by atoms with Crippen molar-refractivity contribution in [1.82, 2.24) is 14.6 Å². The van der Waals surface area contributed by atoms with Crippen LogP contribution in [-0.2, 0) is 14.8 Å². The number of carbonyl (C=O) groups is 1. The highest BCUT2D eigenvalue weighted by molar-refractivity contribution is 8.00. The molecule has 1 amide bonds. The fourth-order valence-corrected chi connectivity index (χ4v) is 6.07. The van der Waals surface area contributed by atoms with E-state index in [1.54, 1.807) is 12.1 Å². The number of pyridine rings is 1. The average Bonchev–Trinajstić information content (AvgIpc) is 3.40. The van der Waals surface area contributed by atoms with Crippen molar-refractivity contribution in [2.75, 3.05) is 13.1 Å². The molecule has 0 aliphatic carbocycles. The van der Waals surface area contributed by atoms with Crippen molar-refractivity contribution in [1.29, 1.82) is 0 Å². The van der Waals surface area contributed by atoms with Gasteiger partial charge in [-0.05, 0) is 43.0 Å². The Labute approximate surface area is 199 Å². The van der Waals surface area contributed by atoms with E-state index in [0.717, 1.165) is 24.0 Å². The molecular formula is C25H27N3O3S2. The molecule has 8 heteroatoms. The maximum absolute atomic E-state index is 13.0. The third-order valence-corrected chi connectivity index (χ3v) is 8.56. The summed E-state index contributed by atoms with van der Waals surface area (Å²) < 4.78 is 26.9. The van der Waals surface area contributed by atoms with E-state index in [4.69, 9.17) is 0 Å². The summed E-state index contributed by atoms with van der Waals surface area (Å²) in [6.45, 7) is 2.93. The second kappa shape index (κ2) is 10.5. The number of carbonyl (C=O) groups excluding carboxylic acids is 1. The number of amides is 1. The molecule has 172 valence electrons. The lowest BCUT2D eigenvalue weighted by molar-refractivity contribution is -0.120. The van der Waals surface area contributed by atoms with E-state index in [0.29, 0.717) is 18.1 Å². The van der Waals surface area contributed by atoms with Crippen molar-refractivity contribution in [3.05, 3.63) is 90.1 Å². The maximum Gasteiger partial charge on any atom is 0.244 e. The van der Waals surface area contributed by atoms with Gasteiger partial charge >= 0.3 is 0 Å². The summed E-state index contributed by atoms with van der Waals surface area (Å²) in [6, 6.07) is 22.7. The summed E-state index contributed by atoms with van der Waals surface area (Å²) in [6.07, 6.45) is 3.16. The number of thioether (sulfide) groups is 1. The van der Waals surface area contributed by atoms with Gasteiger partial charge in [-0.25, -0.2) is 13.4 Å². The fourth-order valence-electron chi connectivity index (χ4n) is 3.81. The molecule has 0 spiro atoms. The number of aromatic nitrogens is 1. The number of sulfonamides is 1. The zero-order chi connectivity index (χ0) is 23.3. The van der Waals surface area contributed by atoms with Crippen molar-refractivity contribution in [3.8, 4) is 0 Å². The van der Waals surface area contributed by atoms with E-state index in [2.05, 4.69) is 10.3 Å². The van der Waals surface area contributed by atoms with Crippen molar-refractivity contribution < 1.29 is 13.2 Å². The lowest BCUT2D eigenvalue weighted by atomic mass is 9.98. The molecule has 1 fully saturated rings. The fraction of sp³-hybridized carbons (Fsp3) is 0.280. The Kier molecular flexibility index (Phi) is 7.47. The van der Waals surface area contributed by atoms with E-state index in [1.807, 2.05) is 67.6 Å². The van der Waals surface area contributed by atoms with E-state index in [-0.39, 0.29) is 16.8 Å². The Hall–Kier alpha value is -2.68. The second-order valence-corrected chi connectivity index (χ2v) is 11.3. The zero-order valence-corrected chi connectivity index (χ0v) is 20.1. The molecular weight excluding hydrogens is 454 g/mol. The van der Waals surface area contributed by atoms with Crippen molar-refractivity contribution in [2.45, 2.75) is 41.0 Å². The Morgan fingerprint density at radius 2 is 1.52 bits per heavy atom. The van der Waals surface area contributed by atoms with Gasteiger partial charge in [0.15, 0.2) is 0 Å². The zero-order valence-electron chi connectivity index (χ0n) is 18.4. The molecule has 0 radical (unpaired) electrons. The summed E-state index contributed by atoms with van der Waals surface area (Å²) in [7, 11) is -3.50. The van der Waals surface area contributed by atoms with Crippen molar-refractivity contribution in [2.24, 2.45) is 0 Å². The minimum Gasteiger partial charge on any atom is -0.344 e. The van der Waals surface area contributed by atoms with Crippen LogP contribution in [0.2, 0.25) is 0 Å². The highest BCUT2D eigenvalue weighted by Crippen LogP contribution is 2.27. The molecule has 1 N–H and O–H groups in total. The summed E-state index contributed by atoms with van der Waals surface area (Å²) in [5, 5.41) is 3.35. The molecule has 1 aromatic heterocycles. The van der Waals surface area contributed by atoms with E-state index >= 15 is 0 Å². The van der Waals surface area contributed by atoms with Gasteiger partial charge in [0.25, 0.3) is 0 Å². The molecule has 3 aromatic rings. The topological polar surface area (TPSA) is 79.4 Å². The molecule has 1 atom stereocenters. The number of hydrogen-bond donors (Lipinski definition) is 1. The number of nitrogens with one attached hydrogen (secondary N) is 1. The highest BCUT2D eigenvalue weighted by atomic mass is 32.2. The van der Waals surface area contributed by atoms with Crippen LogP contribution in [-0.4, -0.2) is 42.0 Å². The minimum atomic E-state index is -3.50. The smallest absolute Gasteiger partial charge is 0.244 e. The SMILES string of the molecule is C[C@@H](Sc1ccc(S(=O)(=O)N2CCCC2)cn1)C(=O)NC(c1ccccc1)c1ccccc1. The Morgan fingerprint density at radius 1 is 0.939 bits per heavy atom.